The third kappa shape index (κ3) is 2.73. The Bertz CT molecular complexity index is 606. The maximum Gasteiger partial charge on any atom is 0.137 e. The lowest BCUT2D eigenvalue weighted by molar-refractivity contribution is 0.374. The highest BCUT2D eigenvalue weighted by molar-refractivity contribution is 9.10. The molecule has 0 unspecified atom stereocenters. The van der Waals surface area contributed by atoms with Crippen molar-refractivity contribution in [2.24, 2.45) is 0 Å². The molecule has 0 bridgehead atoms. The summed E-state index contributed by atoms with van der Waals surface area (Å²) < 4.78 is 13.9. The van der Waals surface area contributed by atoms with Crippen LogP contribution in [-0.4, -0.2) is 6.04 Å². The molecule has 1 N–H and O–H groups in total. The maximum absolute atomic E-state index is 13.4. The molecule has 1 nitrogen and oxygen atoms in total. The van der Waals surface area contributed by atoms with Gasteiger partial charge in [0.25, 0.3) is 0 Å². The van der Waals surface area contributed by atoms with Crippen LogP contribution in [0.25, 0.3) is 0 Å². The summed E-state index contributed by atoms with van der Waals surface area (Å²) in [7, 11) is 0. The SMILES string of the molecule is Cc1cc(F)c(Br)cc1NC1CC(c2ccccc2)C1. The van der Waals surface area contributed by atoms with E-state index in [1.165, 1.54) is 5.56 Å². The number of hydrogen-bond acceptors (Lipinski definition) is 1. The van der Waals surface area contributed by atoms with Crippen LogP contribution in [0.15, 0.2) is 46.9 Å². The van der Waals surface area contributed by atoms with E-state index in [-0.39, 0.29) is 5.82 Å². The molecule has 20 heavy (non-hydrogen) atoms. The van der Waals surface area contributed by atoms with Gasteiger partial charge in [-0.2, -0.15) is 0 Å². The Hall–Kier alpha value is -1.35. The van der Waals surface area contributed by atoms with Crippen molar-refractivity contribution >= 4 is 21.6 Å². The number of hydrogen-bond donors (Lipinski definition) is 1. The van der Waals surface area contributed by atoms with Gasteiger partial charge in [-0.25, -0.2) is 4.39 Å². The van der Waals surface area contributed by atoms with Crippen molar-refractivity contribution in [2.75, 3.05) is 5.32 Å². The minimum atomic E-state index is -0.205. The van der Waals surface area contributed by atoms with Gasteiger partial charge in [-0.15, -0.1) is 0 Å². The second-order valence-corrected chi connectivity index (χ2v) is 6.36. The minimum Gasteiger partial charge on any atom is -0.382 e. The number of anilines is 1. The third-order valence-electron chi connectivity index (χ3n) is 4.04. The van der Waals surface area contributed by atoms with E-state index < -0.39 is 0 Å². The summed E-state index contributed by atoms with van der Waals surface area (Å²) in [6, 6.07) is 14.5. The number of nitrogens with one attached hydrogen (secondary N) is 1. The summed E-state index contributed by atoms with van der Waals surface area (Å²) in [5.74, 6) is 0.446. The average Bonchev–Trinajstić information content (AvgIpc) is 2.40. The molecule has 0 aromatic heterocycles. The van der Waals surface area contributed by atoms with E-state index in [0.29, 0.717) is 16.4 Å². The van der Waals surface area contributed by atoms with Crippen LogP contribution >= 0.6 is 15.9 Å². The van der Waals surface area contributed by atoms with Gasteiger partial charge in [0.1, 0.15) is 5.82 Å². The molecule has 2 aromatic rings. The molecule has 3 heteroatoms. The van der Waals surface area contributed by atoms with E-state index in [9.17, 15) is 4.39 Å². The van der Waals surface area contributed by atoms with Gasteiger partial charge in [0.2, 0.25) is 0 Å². The zero-order chi connectivity index (χ0) is 14.1. The van der Waals surface area contributed by atoms with Crippen molar-refractivity contribution in [3.63, 3.8) is 0 Å². The second kappa shape index (κ2) is 5.57. The molecule has 0 saturated heterocycles. The molecule has 2 aromatic carbocycles. The molecule has 104 valence electrons. The van der Waals surface area contributed by atoms with Crippen molar-refractivity contribution in [1.29, 1.82) is 0 Å². The highest BCUT2D eigenvalue weighted by atomic mass is 79.9. The zero-order valence-electron chi connectivity index (χ0n) is 11.4. The number of halogens is 2. The van der Waals surface area contributed by atoms with Crippen LogP contribution in [0.1, 0.15) is 29.9 Å². The quantitative estimate of drug-likeness (QED) is 0.808. The third-order valence-corrected chi connectivity index (χ3v) is 4.64. The smallest absolute Gasteiger partial charge is 0.137 e. The van der Waals surface area contributed by atoms with Gasteiger partial charge < -0.3 is 5.32 Å². The molecule has 1 saturated carbocycles. The van der Waals surface area contributed by atoms with Crippen molar-refractivity contribution in [1.82, 2.24) is 0 Å². The summed E-state index contributed by atoms with van der Waals surface area (Å²) in [5, 5.41) is 3.52. The standard InChI is InChI=1S/C17H17BrFN/c1-11-7-16(19)15(18)10-17(11)20-14-8-13(9-14)12-5-3-2-4-6-12/h2-7,10,13-14,20H,8-9H2,1H3. The van der Waals surface area contributed by atoms with Crippen LogP contribution in [-0.2, 0) is 0 Å². The molecule has 1 aliphatic rings. The molecule has 1 fully saturated rings. The van der Waals surface area contributed by atoms with Gasteiger partial charge in [-0.05, 0) is 64.9 Å². The van der Waals surface area contributed by atoms with Gasteiger partial charge in [0, 0.05) is 11.7 Å². The first-order valence-electron chi connectivity index (χ1n) is 6.90. The first-order valence-corrected chi connectivity index (χ1v) is 7.70. The summed E-state index contributed by atoms with van der Waals surface area (Å²) in [6.45, 7) is 1.94. The summed E-state index contributed by atoms with van der Waals surface area (Å²) >= 11 is 3.24. The molecule has 0 atom stereocenters. The lowest BCUT2D eigenvalue weighted by Crippen LogP contribution is -2.34. The van der Waals surface area contributed by atoms with E-state index in [2.05, 4.69) is 51.6 Å². The lowest BCUT2D eigenvalue weighted by Gasteiger charge is -2.37. The molecular formula is C17H17BrFN. The van der Waals surface area contributed by atoms with Crippen LogP contribution in [0.2, 0.25) is 0 Å². The van der Waals surface area contributed by atoms with Crippen LogP contribution in [0.3, 0.4) is 0 Å². The molecule has 0 aliphatic heterocycles. The van der Waals surface area contributed by atoms with Crippen molar-refractivity contribution in [2.45, 2.75) is 31.7 Å². The monoisotopic (exact) mass is 333 g/mol. The number of rotatable bonds is 3. The summed E-state index contributed by atoms with van der Waals surface area (Å²) in [6.07, 6.45) is 2.27. The second-order valence-electron chi connectivity index (χ2n) is 5.50. The fourth-order valence-electron chi connectivity index (χ4n) is 2.75. The summed E-state index contributed by atoms with van der Waals surface area (Å²) in [5.41, 5.74) is 3.39. The topological polar surface area (TPSA) is 12.0 Å². The molecule has 0 heterocycles. The first-order chi connectivity index (χ1) is 9.63. The van der Waals surface area contributed by atoms with Gasteiger partial charge in [-0.1, -0.05) is 30.3 Å². The molecule has 3 rings (SSSR count). The van der Waals surface area contributed by atoms with E-state index in [1.54, 1.807) is 6.07 Å². The molecular weight excluding hydrogens is 317 g/mol. The highest BCUT2D eigenvalue weighted by Crippen LogP contribution is 2.39. The Morgan fingerprint density at radius 1 is 1.15 bits per heavy atom. The van der Waals surface area contributed by atoms with E-state index in [1.807, 2.05) is 13.0 Å². The summed E-state index contributed by atoms with van der Waals surface area (Å²) in [4.78, 5) is 0. The van der Waals surface area contributed by atoms with Gasteiger partial charge in [0.05, 0.1) is 4.47 Å². The number of aryl methyl sites for hydroxylation is 1. The highest BCUT2D eigenvalue weighted by Gasteiger charge is 2.30. The predicted octanol–water partition coefficient (Wildman–Crippen LogP) is 5.25. The number of benzene rings is 2. The van der Waals surface area contributed by atoms with Crippen molar-refractivity contribution < 1.29 is 4.39 Å². The Kier molecular flexibility index (Phi) is 3.79. The Labute approximate surface area is 127 Å². The Morgan fingerprint density at radius 2 is 1.85 bits per heavy atom. The van der Waals surface area contributed by atoms with E-state index in [0.717, 1.165) is 24.1 Å². The molecule has 0 spiro atoms. The fourth-order valence-corrected chi connectivity index (χ4v) is 3.10. The minimum absolute atomic E-state index is 0.205. The Morgan fingerprint density at radius 3 is 2.55 bits per heavy atom. The van der Waals surface area contributed by atoms with Crippen LogP contribution in [0, 0.1) is 12.7 Å². The normalized spacial score (nSPS) is 21.4. The van der Waals surface area contributed by atoms with Crippen molar-refractivity contribution in [3.8, 4) is 0 Å². The van der Waals surface area contributed by atoms with Gasteiger partial charge in [-0.3, -0.25) is 0 Å². The van der Waals surface area contributed by atoms with Gasteiger partial charge in [0.15, 0.2) is 0 Å². The molecule has 1 aliphatic carbocycles. The first kappa shape index (κ1) is 13.6. The van der Waals surface area contributed by atoms with E-state index in [4.69, 9.17) is 0 Å². The maximum atomic E-state index is 13.4. The van der Waals surface area contributed by atoms with Crippen LogP contribution in [0.5, 0.6) is 0 Å². The zero-order valence-corrected chi connectivity index (χ0v) is 13.0. The fraction of sp³-hybridized carbons (Fsp3) is 0.294. The molecule has 0 radical (unpaired) electrons. The largest absolute Gasteiger partial charge is 0.382 e. The van der Waals surface area contributed by atoms with Crippen LogP contribution in [0.4, 0.5) is 10.1 Å². The lowest BCUT2D eigenvalue weighted by atomic mass is 9.76. The average molecular weight is 334 g/mol. The van der Waals surface area contributed by atoms with E-state index >= 15 is 0 Å². The Balaban J connectivity index is 1.63. The van der Waals surface area contributed by atoms with Crippen molar-refractivity contribution in [3.05, 3.63) is 63.9 Å². The molecule has 0 amide bonds. The predicted molar refractivity (Wildman–Crippen MR) is 84.7 cm³/mol. The van der Waals surface area contributed by atoms with Crippen LogP contribution < -0.4 is 5.32 Å². The van der Waals surface area contributed by atoms with Gasteiger partial charge >= 0.3 is 0 Å².